The molecule has 0 aliphatic heterocycles. The van der Waals surface area contributed by atoms with E-state index < -0.39 is 0 Å². The molecular weight excluding hydrogens is 258 g/mol. The van der Waals surface area contributed by atoms with Gasteiger partial charge in [-0.25, -0.2) is 0 Å². The molecule has 0 spiro atoms. The van der Waals surface area contributed by atoms with Gasteiger partial charge < -0.3 is 10.1 Å². The maximum Gasteiger partial charge on any atom is 0.119 e. The largest absolute Gasteiger partial charge is 0.492 e. The molecule has 0 bridgehead atoms. The smallest absolute Gasteiger partial charge is 0.119 e. The fraction of sp³-hybridized carbons (Fsp3) is 0.250. The predicted octanol–water partition coefficient (Wildman–Crippen LogP) is 3.82. The van der Waals surface area contributed by atoms with E-state index in [1.165, 1.54) is 5.56 Å². The second kappa shape index (κ2) is 7.17. The summed E-state index contributed by atoms with van der Waals surface area (Å²) >= 11 is 6.08. The first-order chi connectivity index (χ1) is 9.25. The summed E-state index contributed by atoms with van der Waals surface area (Å²) in [6.07, 6.45) is 0. The lowest BCUT2D eigenvalue weighted by Crippen LogP contribution is -2.20. The topological polar surface area (TPSA) is 21.3 Å². The zero-order valence-corrected chi connectivity index (χ0v) is 11.8. The minimum Gasteiger partial charge on any atom is -0.492 e. The van der Waals surface area contributed by atoms with Crippen LogP contribution >= 0.6 is 11.6 Å². The molecule has 0 fully saturated rings. The van der Waals surface area contributed by atoms with Gasteiger partial charge >= 0.3 is 0 Å². The van der Waals surface area contributed by atoms with Crippen LogP contribution in [0.4, 0.5) is 0 Å². The summed E-state index contributed by atoms with van der Waals surface area (Å²) < 4.78 is 5.63. The zero-order chi connectivity index (χ0) is 13.5. The second-order valence-corrected chi connectivity index (χ2v) is 4.84. The molecule has 1 N–H and O–H groups in total. The van der Waals surface area contributed by atoms with Crippen molar-refractivity contribution in [3.8, 4) is 5.75 Å². The first-order valence-corrected chi connectivity index (χ1v) is 6.77. The van der Waals surface area contributed by atoms with Gasteiger partial charge in [0.1, 0.15) is 12.4 Å². The van der Waals surface area contributed by atoms with E-state index in [2.05, 4.69) is 12.2 Å². The van der Waals surface area contributed by atoms with Crippen molar-refractivity contribution in [3.05, 3.63) is 64.7 Å². The van der Waals surface area contributed by atoms with Crippen LogP contribution in [0.3, 0.4) is 0 Å². The van der Waals surface area contributed by atoms with Gasteiger partial charge in [0.15, 0.2) is 0 Å². The van der Waals surface area contributed by atoms with Crippen molar-refractivity contribution < 1.29 is 4.74 Å². The van der Waals surface area contributed by atoms with Crippen LogP contribution in [0.2, 0.25) is 5.02 Å². The van der Waals surface area contributed by atoms with Crippen molar-refractivity contribution in [2.75, 3.05) is 13.2 Å². The number of nitrogens with one attached hydrogen (secondary N) is 1. The lowest BCUT2D eigenvalue weighted by atomic mass is 10.2. The Kier molecular flexibility index (Phi) is 5.25. The minimum atomic E-state index is 0.646. The molecular formula is C16H18ClNO. The predicted molar refractivity (Wildman–Crippen MR) is 79.8 cm³/mol. The highest BCUT2D eigenvalue weighted by atomic mass is 35.5. The summed E-state index contributed by atoms with van der Waals surface area (Å²) in [5, 5.41) is 4.12. The van der Waals surface area contributed by atoms with Crippen molar-refractivity contribution >= 4 is 11.6 Å². The van der Waals surface area contributed by atoms with E-state index in [0.29, 0.717) is 6.61 Å². The third-order valence-corrected chi connectivity index (χ3v) is 3.21. The molecule has 0 heterocycles. The summed E-state index contributed by atoms with van der Waals surface area (Å²) in [5.74, 6) is 0.908. The zero-order valence-electron chi connectivity index (χ0n) is 11.0. The summed E-state index contributed by atoms with van der Waals surface area (Å²) in [4.78, 5) is 0. The number of hydrogen-bond acceptors (Lipinski definition) is 2. The summed E-state index contributed by atoms with van der Waals surface area (Å²) in [6.45, 7) is 4.26. The molecule has 2 nitrogen and oxygen atoms in total. The molecule has 19 heavy (non-hydrogen) atoms. The van der Waals surface area contributed by atoms with Gasteiger partial charge in [-0.05, 0) is 30.7 Å². The van der Waals surface area contributed by atoms with Crippen molar-refractivity contribution in [3.63, 3.8) is 0 Å². The van der Waals surface area contributed by atoms with Gasteiger partial charge in [0.2, 0.25) is 0 Å². The number of benzene rings is 2. The fourth-order valence-corrected chi connectivity index (χ4v) is 1.94. The average molecular weight is 276 g/mol. The van der Waals surface area contributed by atoms with Crippen LogP contribution in [0.15, 0.2) is 48.5 Å². The fourth-order valence-electron chi connectivity index (χ4n) is 1.74. The highest BCUT2D eigenvalue weighted by Gasteiger charge is 1.98. The summed E-state index contributed by atoms with van der Waals surface area (Å²) in [5.41, 5.74) is 2.35. The molecule has 0 saturated carbocycles. The van der Waals surface area contributed by atoms with Gasteiger partial charge in [0, 0.05) is 18.1 Å². The Labute approximate surface area is 119 Å². The molecule has 0 aliphatic carbocycles. The Hall–Kier alpha value is -1.51. The molecule has 0 aromatic heterocycles. The van der Waals surface area contributed by atoms with E-state index >= 15 is 0 Å². The van der Waals surface area contributed by atoms with Crippen LogP contribution in [-0.2, 0) is 6.54 Å². The van der Waals surface area contributed by atoms with E-state index in [0.717, 1.165) is 29.4 Å². The minimum absolute atomic E-state index is 0.646. The maximum absolute atomic E-state index is 6.08. The third kappa shape index (κ3) is 4.58. The third-order valence-electron chi connectivity index (χ3n) is 2.84. The average Bonchev–Trinajstić information content (AvgIpc) is 2.42. The SMILES string of the molecule is Cc1ccc(OCCNCc2ccccc2Cl)cc1. The highest BCUT2D eigenvalue weighted by molar-refractivity contribution is 6.31. The van der Waals surface area contributed by atoms with Gasteiger partial charge in [0.05, 0.1) is 0 Å². The molecule has 0 atom stereocenters. The highest BCUT2D eigenvalue weighted by Crippen LogP contribution is 2.14. The molecule has 2 aromatic rings. The van der Waals surface area contributed by atoms with E-state index in [-0.39, 0.29) is 0 Å². The monoisotopic (exact) mass is 275 g/mol. The number of hydrogen-bond donors (Lipinski definition) is 1. The lowest BCUT2D eigenvalue weighted by Gasteiger charge is -2.08. The van der Waals surface area contributed by atoms with Crippen molar-refractivity contribution in [1.82, 2.24) is 5.32 Å². The van der Waals surface area contributed by atoms with Crippen LogP contribution in [0.1, 0.15) is 11.1 Å². The normalized spacial score (nSPS) is 10.4. The van der Waals surface area contributed by atoms with E-state index in [9.17, 15) is 0 Å². The van der Waals surface area contributed by atoms with Crippen molar-refractivity contribution in [2.45, 2.75) is 13.5 Å². The molecule has 100 valence electrons. The van der Waals surface area contributed by atoms with Crippen LogP contribution in [-0.4, -0.2) is 13.2 Å². The Balaban J connectivity index is 1.67. The van der Waals surface area contributed by atoms with E-state index in [4.69, 9.17) is 16.3 Å². The van der Waals surface area contributed by atoms with Gasteiger partial charge in [-0.2, -0.15) is 0 Å². The molecule has 2 aromatic carbocycles. The quantitative estimate of drug-likeness (QED) is 0.810. The van der Waals surface area contributed by atoms with Crippen molar-refractivity contribution in [2.24, 2.45) is 0 Å². The van der Waals surface area contributed by atoms with E-state index in [1.807, 2.05) is 48.5 Å². The number of halogens is 1. The van der Waals surface area contributed by atoms with Crippen LogP contribution in [0.5, 0.6) is 5.75 Å². The summed E-state index contributed by atoms with van der Waals surface area (Å²) in [6, 6.07) is 15.9. The lowest BCUT2D eigenvalue weighted by molar-refractivity contribution is 0.313. The molecule has 3 heteroatoms. The molecule has 0 aliphatic rings. The van der Waals surface area contributed by atoms with Gasteiger partial charge in [-0.1, -0.05) is 47.5 Å². The van der Waals surface area contributed by atoms with Crippen molar-refractivity contribution in [1.29, 1.82) is 0 Å². The number of ether oxygens (including phenoxy) is 1. The molecule has 0 saturated heterocycles. The molecule has 0 radical (unpaired) electrons. The van der Waals surface area contributed by atoms with Crippen LogP contribution in [0, 0.1) is 6.92 Å². The number of rotatable bonds is 6. The molecule has 0 unspecified atom stereocenters. The Morgan fingerprint density at radius 3 is 2.53 bits per heavy atom. The van der Waals surface area contributed by atoms with Gasteiger partial charge in [-0.3, -0.25) is 0 Å². The number of aryl methyl sites for hydroxylation is 1. The summed E-state index contributed by atoms with van der Waals surface area (Å²) in [7, 11) is 0. The maximum atomic E-state index is 6.08. The Morgan fingerprint density at radius 2 is 1.79 bits per heavy atom. The van der Waals surface area contributed by atoms with Crippen LogP contribution < -0.4 is 10.1 Å². The van der Waals surface area contributed by atoms with Gasteiger partial charge in [0.25, 0.3) is 0 Å². The standard InChI is InChI=1S/C16H18ClNO/c1-13-6-8-15(9-7-13)19-11-10-18-12-14-4-2-3-5-16(14)17/h2-9,18H,10-12H2,1H3. The first kappa shape index (κ1) is 13.9. The molecule has 2 rings (SSSR count). The Morgan fingerprint density at radius 1 is 1.05 bits per heavy atom. The Bertz CT molecular complexity index is 510. The van der Waals surface area contributed by atoms with Crippen LogP contribution in [0.25, 0.3) is 0 Å². The second-order valence-electron chi connectivity index (χ2n) is 4.43. The van der Waals surface area contributed by atoms with Gasteiger partial charge in [-0.15, -0.1) is 0 Å². The molecule has 0 amide bonds. The first-order valence-electron chi connectivity index (χ1n) is 6.39. The van der Waals surface area contributed by atoms with E-state index in [1.54, 1.807) is 0 Å².